The standard InChI is InChI=1S/C14H17NO2/c1-3-11-5-6-13-12(9-11)7-8-15(13)10-14(16)17-4-2/h5-9H,3-4,10H2,1-2H3. The van der Waals surface area contributed by atoms with E-state index >= 15 is 0 Å². The molecule has 0 atom stereocenters. The van der Waals surface area contributed by atoms with Crippen molar-refractivity contribution >= 4 is 16.9 Å². The fourth-order valence-corrected chi connectivity index (χ4v) is 1.95. The predicted molar refractivity (Wildman–Crippen MR) is 67.9 cm³/mol. The largest absolute Gasteiger partial charge is 0.465 e. The molecule has 0 aliphatic carbocycles. The molecule has 3 heteroatoms. The van der Waals surface area contributed by atoms with Gasteiger partial charge in [0.2, 0.25) is 0 Å². The summed E-state index contributed by atoms with van der Waals surface area (Å²) in [7, 11) is 0. The highest BCUT2D eigenvalue weighted by atomic mass is 16.5. The van der Waals surface area contributed by atoms with Gasteiger partial charge in [-0.15, -0.1) is 0 Å². The Balaban J connectivity index is 2.27. The summed E-state index contributed by atoms with van der Waals surface area (Å²) in [6, 6.07) is 8.36. The molecule has 2 rings (SSSR count). The van der Waals surface area contributed by atoms with Crippen molar-refractivity contribution in [2.24, 2.45) is 0 Å². The van der Waals surface area contributed by atoms with Crippen molar-refractivity contribution in [2.75, 3.05) is 6.61 Å². The van der Waals surface area contributed by atoms with Crippen molar-refractivity contribution in [1.29, 1.82) is 0 Å². The maximum Gasteiger partial charge on any atom is 0.325 e. The molecule has 3 nitrogen and oxygen atoms in total. The van der Waals surface area contributed by atoms with Gasteiger partial charge in [-0.1, -0.05) is 13.0 Å². The molecule has 2 aromatic rings. The highest BCUT2D eigenvalue weighted by Crippen LogP contribution is 2.18. The third-order valence-electron chi connectivity index (χ3n) is 2.85. The van der Waals surface area contributed by atoms with Gasteiger partial charge < -0.3 is 9.30 Å². The smallest absolute Gasteiger partial charge is 0.325 e. The minimum atomic E-state index is -0.190. The van der Waals surface area contributed by atoms with Crippen LogP contribution < -0.4 is 0 Å². The van der Waals surface area contributed by atoms with Crippen molar-refractivity contribution < 1.29 is 9.53 Å². The first-order valence-electron chi connectivity index (χ1n) is 5.98. The zero-order valence-electron chi connectivity index (χ0n) is 10.3. The van der Waals surface area contributed by atoms with Crippen LogP contribution in [0.1, 0.15) is 19.4 Å². The van der Waals surface area contributed by atoms with Crippen molar-refractivity contribution in [2.45, 2.75) is 26.8 Å². The van der Waals surface area contributed by atoms with Crippen LogP contribution in [0, 0.1) is 0 Å². The van der Waals surface area contributed by atoms with Crippen molar-refractivity contribution in [3.8, 4) is 0 Å². The van der Waals surface area contributed by atoms with Crippen molar-refractivity contribution in [1.82, 2.24) is 4.57 Å². The van der Waals surface area contributed by atoms with Gasteiger partial charge in [-0.3, -0.25) is 4.79 Å². The molecule has 0 amide bonds. The molecule has 0 radical (unpaired) electrons. The molecule has 0 saturated carbocycles. The van der Waals surface area contributed by atoms with Gasteiger partial charge in [0.25, 0.3) is 0 Å². The van der Waals surface area contributed by atoms with Crippen LogP contribution in [0.4, 0.5) is 0 Å². The van der Waals surface area contributed by atoms with Gasteiger partial charge in [0.1, 0.15) is 6.54 Å². The topological polar surface area (TPSA) is 31.2 Å². The van der Waals surface area contributed by atoms with Crippen molar-refractivity contribution in [3.63, 3.8) is 0 Å². The third kappa shape index (κ3) is 2.49. The Morgan fingerprint density at radius 1 is 1.29 bits per heavy atom. The van der Waals surface area contributed by atoms with Crippen LogP contribution in [0.15, 0.2) is 30.5 Å². The molecule has 0 N–H and O–H groups in total. The maximum atomic E-state index is 11.4. The first-order chi connectivity index (χ1) is 8.24. The van der Waals surface area contributed by atoms with E-state index in [2.05, 4.69) is 25.1 Å². The molecule has 0 bridgehead atoms. The van der Waals surface area contributed by atoms with Crippen LogP contribution in [-0.2, 0) is 22.5 Å². The summed E-state index contributed by atoms with van der Waals surface area (Å²) < 4.78 is 6.87. The third-order valence-corrected chi connectivity index (χ3v) is 2.85. The van der Waals surface area contributed by atoms with Crippen LogP contribution >= 0.6 is 0 Å². The molecule has 1 aromatic heterocycles. The van der Waals surface area contributed by atoms with E-state index in [9.17, 15) is 4.79 Å². The highest BCUT2D eigenvalue weighted by Gasteiger charge is 2.06. The van der Waals surface area contributed by atoms with Crippen LogP contribution in [0.3, 0.4) is 0 Å². The van der Waals surface area contributed by atoms with E-state index in [1.807, 2.05) is 23.8 Å². The lowest BCUT2D eigenvalue weighted by Gasteiger charge is -2.05. The second-order valence-electron chi connectivity index (χ2n) is 4.00. The van der Waals surface area contributed by atoms with Crippen molar-refractivity contribution in [3.05, 3.63) is 36.0 Å². The molecule has 0 aliphatic rings. The number of hydrogen-bond acceptors (Lipinski definition) is 2. The summed E-state index contributed by atoms with van der Waals surface area (Å²) in [5.74, 6) is -0.190. The zero-order chi connectivity index (χ0) is 12.3. The highest BCUT2D eigenvalue weighted by molar-refractivity contribution is 5.82. The first-order valence-corrected chi connectivity index (χ1v) is 5.98. The summed E-state index contributed by atoms with van der Waals surface area (Å²) >= 11 is 0. The fourth-order valence-electron chi connectivity index (χ4n) is 1.95. The van der Waals surface area contributed by atoms with Gasteiger partial charge >= 0.3 is 5.97 Å². The predicted octanol–water partition coefficient (Wildman–Crippen LogP) is 2.77. The summed E-state index contributed by atoms with van der Waals surface area (Å²) in [4.78, 5) is 11.4. The number of aromatic nitrogens is 1. The first kappa shape index (κ1) is 11.7. The molecule has 1 heterocycles. The molecule has 0 fully saturated rings. The molecule has 0 saturated heterocycles. The minimum absolute atomic E-state index is 0.190. The number of aryl methyl sites for hydroxylation is 1. The van der Waals surface area contributed by atoms with E-state index in [4.69, 9.17) is 4.74 Å². The van der Waals surface area contributed by atoms with E-state index in [1.54, 1.807) is 0 Å². The van der Waals surface area contributed by atoms with Gasteiger partial charge in [0.05, 0.1) is 6.61 Å². The number of hydrogen-bond donors (Lipinski definition) is 0. The Labute approximate surface area is 101 Å². The zero-order valence-corrected chi connectivity index (χ0v) is 10.3. The Morgan fingerprint density at radius 2 is 2.12 bits per heavy atom. The van der Waals surface area contributed by atoms with Crippen LogP contribution in [0.2, 0.25) is 0 Å². The van der Waals surface area contributed by atoms with E-state index in [0.717, 1.165) is 11.9 Å². The lowest BCUT2D eigenvalue weighted by molar-refractivity contribution is -0.143. The van der Waals surface area contributed by atoms with E-state index in [0.29, 0.717) is 6.61 Å². The average molecular weight is 231 g/mol. The number of carbonyl (C=O) groups excluding carboxylic acids is 1. The molecule has 17 heavy (non-hydrogen) atoms. The SMILES string of the molecule is CCOC(=O)Cn1ccc2cc(CC)ccc21. The van der Waals surface area contributed by atoms with Crippen LogP contribution in [0.5, 0.6) is 0 Å². The summed E-state index contributed by atoms with van der Waals surface area (Å²) in [5.41, 5.74) is 2.39. The van der Waals surface area contributed by atoms with Gasteiger partial charge in [-0.05, 0) is 42.5 Å². The Bertz CT molecular complexity index is 528. The van der Waals surface area contributed by atoms with Crippen LogP contribution in [-0.4, -0.2) is 17.1 Å². The summed E-state index contributed by atoms with van der Waals surface area (Å²) in [6.07, 6.45) is 2.96. The number of esters is 1. The van der Waals surface area contributed by atoms with Gasteiger partial charge in [0.15, 0.2) is 0 Å². The Kier molecular flexibility index (Phi) is 3.47. The van der Waals surface area contributed by atoms with E-state index in [1.165, 1.54) is 10.9 Å². The second-order valence-corrected chi connectivity index (χ2v) is 4.00. The maximum absolute atomic E-state index is 11.4. The van der Waals surface area contributed by atoms with Gasteiger partial charge in [-0.2, -0.15) is 0 Å². The normalized spacial score (nSPS) is 10.7. The minimum Gasteiger partial charge on any atom is -0.465 e. The second kappa shape index (κ2) is 5.04. The quantitative estimate of drug-likeness (QED) is 0.758. The number of ether oxygens (including phenoxy) is 1. The summed E-state index contributed by atoms with van der Waals surface area (Å²) in [5, 5.41) is 1.17. The average Bonchev–Trinajstić information content (AvgIpc) is 2.72. The molecule has 90 valence electrons. The molecule has 1 aromatic carbocycles. The molecular weight excluding hydrogens is 214 g/mol. The van der Waals surface area contributed by atoms with E-state index in [-0.39, 0.29) is 12.5 Å². The summed E-state index contributed by atoms with van der Waals surface area (Å²) in [6.45, 7) is 4.66. The number of rotatable bonds is 4. The van der Waals surface area contributed by atoms with Gasteiger partial charge in [0, 0.05) is 11.7 Å². The molecule has 0 unspecified atom stereocenters. The lowest BCUT2D eigenvalue weighted by Crippen LogP contribution is -2.12. The van der Waals surface area contributed by atoms with E-state index < -0.39 is 0 Å². The Morgan fingerprint density at radius 3 is 2.82 bits per heavy atom. The molecule has 0 spiro atoms. The number of fused-ring (bicyclic) bond motifs is 1. The molecular formula is C14H17NO2. The lowest BCUT2D eigenvalue weighted by atomic mass is 10.1. The number of benzene rings is 1. The number of carbonyl (C=O) groups is 1. The van der Waals surface area contributed by atoms with Gasteiger partial charge in [-0.25, -0.2) is 0 Å². The number of nitrogens with zero attached hydrogens (tertiary/aromatic N) is 1. The Hall–Kier alpha value is -1.77. The van der Waals surface area contributed by atoms with Crippen LogP contribution in [0.25, 0.3) is 10.9 Å². The monoisotopic (exact) mass is 231 g/mol. The molecule has 0 aliphatic heterocycles. The fraction of sp³-hybridized carbons (Fsp3) is 0.357.